The van der Waals surface area contributed by atoms with E-state index in [4.69, 9.17) is 0 Å². The minimum Gasteiger partial charge on any atom is -0.192 e. The van der Waals surface area contributed by atoms with Crippen LogP contribution < -0.4 is 0 Å². The molecule has 0 unspecified atom stereocenters. The van der Waals surface area contributed by atoms with E-state index >= 15 is 0 Å². The maximum Gasteiger partial charge on any atom is 0.417 e. The Morgan fingerprint density at radius 2 is 0.920 bits per heavy atom. The number of hydrogen-bond donors (Lipinski definition) is 0. The summed E-state index contributed by atoms with van der Waals surface area (Å²) in [6.45, 7) is 0. The first-order chi connectivity index (χ1) is 24.0. The van der Waals surface area contributed by atoms with E-state index in [2.05, 4.69) is 0 Å². The van der Waals surface area contributed by atoms with Crippen LogP contribution in [0.25, 0.3) is 33.4 Å². The second-order valence-corrected chi connectivity index (χ2v) is 10.2. The lowest BCUT2D eigenvalue weighted by Gasteiger charge is -2.14. The fourth-order valence-corrected chi connectivity index (χ4v) is 6.00. The Bertz CT molecular complexity index is 2710. The summed E-state index contributed by atoms with van der Waals surface area (Å²) in [4.78, 5) is 0. The zero-order valence-electron chi connectivity index (χ0n) is 24.6. The first-order valence-corrected chi connectivity index (χ1v) is 13.6. The molecule has 0 saturated heterocycles. The highest BCUT2D eigenvalue weighted by Gasteiger charge is 2.41. The number of halogens is 3. The molecule has 0 amide bonds. The molecule has 0 radical (unpaired) electrons. The van der Waals surface area contributed by atoms with Gasteiger partial charge in [-0.25, -0.2) is 0 Å². The quantitative estimate of drug-likeness (QED) is 0.267. The first-order valence-electron chi connectivity index (χ1n) is 13.6. The zero-order chi connectivity index (χ0) is 36.5. The van der Waals surface area contributed by atoms with Crippen molar-refractivity contribution in [2.75, 3.05) is 0 Å². The van der Waals surface area contributed by atoms with Gasteiger partial charge in [0.05, 0.1) is 45.0 Å². The van der Waals surface area contributed by atoms with Crippen molar-refractivity contribution >= 4 is 33.4 Å². The van der Waals surface area contributed by atoms with Gasteiger partial charge in [0, 0.05) is 33.4 Å². The monoisotopic (exact) mass is 648 g/mol. The van der Waals surface area contributed by atoms with Crippen molar-refractivity contribution in [3.05, 3.63) is 115 Å². The Labute approximate surface area is 280 Å². The summed E-state index contributed by atoms with van der Waals surface area (Å²) in [6.07, 6.45) is -4.92. The molecule has 0 heterocycles. The fourth-order valence-electron chi connectivity index (χ4n) is 6.00. The number of fused-ring (bicyclic) bond motifs is 2. The average molecular weight is 649 g/mol. The number of alkyl halides is 3. The fraction of sp³-hybridized carbons (Fsp3) is 0.0270. The maximum atomic E-state index is 13.7. The molecule has 0 fully saturated rings. The number of nitriles is 10. The Kier molecular flexibility index (Phi) is 8.01. The molecule has 0 atom stereocenters. The van der Waals surface area contributed by atoms with Crippen molar-refractivity contribution in [2.24, 2.45) is 0 Å². The first kappa shape index (κ1) is 32.7. The van der Waals surface area contributed by atoms with Gasteiger partial charge in [-0.05, 0) is 52.6 Å². The molecule has 0 aromatic heterocycles. The van der Waals surface area contributed by atoms with Gasteiger partial charge >= 0.3 is 6.18 Å². The van der Waals surface area contributed by atoms with Crippen molar-refractivity contribution in [3.63, 3.8) is 0 Å². The maximum absolute atomic E-state index is 13.7. The second kappa shape index (κ2) is 12.2. The van der Waals surface area contributed by atoms with Gasteiger partial charge < -0.3 is 0 Å². The van der Waals surface area contributed by atoms with E-state index in [-0.39, 0.29) is 83.5 Å². The molecule has 2 aliphatic carbocycles. The highest BCUT2D eigenvalue weighted by atomic mass is 19.4. The van der Waals surface area contributed by atoms with E-state index in [1.165, 1.54) is 30.3 Å². The molecule has 13 heteroatoms. The van der Waals surface area contributed by atoms with Gasteiger partial charge in [0.1, 0.15) is 65.8 Å². The number of allylic oxidation sites excluding steroid dienone is 8. The lowest BCUT2D eigenvalue weighted by molar-refractivity contribution is -0.137. The van der Waals surface area contributed by atoms with Gasteiger partial charge in [-0.1, -0.05) is 12.1 Å². The van der Waals surface area contributed by atoms with E-state index in [1.54, 1.807) is 24.3 Å². The zero-order valence-corrected chi connectivity index (χ0v) is 24.6. The van der Waals surface area contributed by atoms with Gasteiger partial charge in [-0.15, -0.1) is 0 Å². The predicted octanol–water partition coefficient (Wildman–Crippen LogP) is 6.69. The smallest absolute Gasteiger partial charge is 0.192 e. The summed E-state index contributed by atoms with van der Waals surface area (Å²) in [5, 5.41) is 100. The summed E-state index contributed by atoms with van der Waals surface area (Å²) in [5.74, 6) is 0. The molecule has 0 spiro atoms. The lowest BCUT2D eigenvalue weighted by atomic mass is 9.86. The molecule has 2 aliphatic rings. The summed E-state index contributed by atoms with van der Waals surface area (Å²) >= 11 is 0. The minimum absolute atomic E-state index is 0.0108. The molecule has 3 aromatic rings. The Hall–Kier alpha value is -8.69. The Morgan fingerprint density at radius 1 is 0.480 bits per heavy atom. The standard InChI is InChI=1S/C37H7F3N10/c38-37(39,40)30-4-3-19(6-22(30)10-43)32-28(16-49)36-26(34(32)24(13-46)14-47)7-25-33(23(11-44)12-45)31(27(15-48)35(25)29(36)17-50)18-1-2-20(8-41)21(5-18)9-42/h1-7H. The van der Waals surface area contributed by atoms with Crippen LogP contribution >= 0.6 is 0 Å². The van der Waals surface area contributed by atoms with Crippen LogP contribution in [0.2, 0.25) is 0 Å². The molecule has 226 valence electrons. The van der Waals surface area contributed by atoms with Gasteiger partial charge in [0.15, 0.2) is 0 Å². The van der Waals surface area contributed by atoms with Crippen molar-refractivity contribution < 1.29 is 13.2 Å². The van der Waals surface area contributed by atoms with Crippen LogP contribution in [0.3, 0.4) is 0 Å². The number of benzene rings is 3. The van der Waals surface area contributed by atoms with Crippen molar-refractivity contribution in [2.45, 2.75) is 6.18 Å². The summed E-state index contributed by atoms with van der Waals surface area (Å²) in [6, 6.07) is 25.4. The van der Waals surface area contributed by atoms with E-state index in [0.717, 1.165) is 12.1 Å². The topological polar surface area (TPSA) is 238 Å². The van der Waals surface area contributed by atoms with Crippen LogP contribution in [0.1, 0.15) is 61.2 Å². The third-order valence-corrected chi connectivity index (χ3v) is 7.93. The Balaban J connectivity index is 2.01. The molecule has 10 nitrogen and oxygen atoms in total. The third kappa shape index (κ3) is 4.66. The van der Waals surface area contributed by atoms with Crippen LogP contribution in [0.4, 0.5) is 13.2 Å². The van der Waals surface area contributed by atoms with Crippen LogP contribution in [0.15, 0.2) is 53.6 Å². The summed E-state index contributed by atoms with van der Waals surface area (Å²) in [5.41, 5.74) is -5.72. The summed E-state index contributed by atoms with van der Waals surface area (Å²) in [7, 11) is 0. The molecular formula is C37H7F3N10. The summed E-state index contributed by atoms with van der Waals surface area (Å²) < 4.78 is 41.0. The molecule has 0 N–H and O–H groups in total. The SMILES string of the molecule is N#CC(C#N)=C1C(c2ccc(C#N)c(C#N)c2)=C(C#N)c2c1cc1c(c2C#N)C(C#N)=C(c2ccc(C(F)(F)F)c(C#N)c2)C1=C(C#N)C#N. The van der Waals surface area contributed by atoms with Crippen molar-refractivity contribution in [3.8, 4) is 60.7 Å². The average Bonchev–Trinajstić information content (AvgIpc) is 3.63. The number of hydrogen-bond acceptors (Lipinski definition) is 10. The van der Waals surface area contributed by atoms with Crippen LogP contribution in [0, 0.1) is 113 Å². The van der Waals surface area contributed by atoms with E-state index in [1.807, 2.05) is 30.3 Å². The molecule has 0 bridgehead atoms. The number of rotatable bonds is 2. The van der Waals surface area contributed by atoms with Crippen LogP contribution in [-0.4, -0.2) is 0 Å². The van der Waals surface area contributed by atoms with Crippen molar-refractivity contribution in [1.82, 2.24) is 0 Å². The normalized spacial score (nSPS) is 12.3. The molecule has 3 aromatic carbocycles. The highest BCUT2D eigenvalue weighted by Crippen LogP contribution is 2.56. The molecule has 5 rings (SSSR count). The highest BCUT2D eigenvalue weighted by molar-refractivity contribution is 6.31. The van der Waals surface area contributed by atoms with E-state index in [0.29, 0.717) is 6.07 Å². The van der Waals surface area contributed by atoms with E-state index < -0.39 is 28.4 Å². The lowest BCUT2D eigenvalue weighted by Crippen LogP contribution is -2.08. The second-order valence-electron chi connectivity index (χ2n) is 10.2. The minimum atomic E-state index is -4.92. The number of nitrogens with zero attached hydrogens (tertiary/aromatic N) is 10. The molecule has 0 aliphatic heterocycles. The van der Waals surface area contributed by atoms with Crippen molar-refractivity contribution in [1.29, 1.82) is 52.6 Å². The van der Waals surface area contributed by atoms with Gasteiger partial charge in [-0.3, -0.25) is 0 Å². The van der Waals surface area contributed by atoms with Crippen LogP contribution in [-0.2, 0) is 6.18 Å². The molecule has 50 heavy (non-hydrogen) atoms. The third-order valence-electron chi connectivity index (χ3n) is 7.93. The van der Waals surface area contributed by atoms with Crippen LogP contribution in [0.5, 0.6) is 0 Å². The molecular weight excluding hydrogens is 641 g/mol. The van der Waals surface area contributed by atoms with Gasteiger partial charge in [0.25, 0.3) is 0 Å². The largest absolute Gasteiger partial charge is 0.417 e. The Morgan fingerprint density at radius 3 is 1.30 bits per heavy atom. The predicted molar refractivity (Wildman–Crippen MR) is 164 cm³/mol. The van der Waals surface area contributed by atoms with Gasteiger partial charge in [0.2, 0.25) is 0 Å². The van der Waals surface area contributed by atoms with Gasteiger partial charge in [-0.2, -0.15) is 65.8 Å². The van der Waals surface area contributed by atoms with E-state index in [9.17, 15) is 65.8 Å². The molecule has 0 saturated carbocycles.